The van der Waals surface area contributed by atoms with Gasteiger partial charge in [-0.1, -0.05) is 18.6 Å². The zero-order valence-electron chi connectivity index (χ0n) is 10.4. The maximum absolute atomic E-state index is 12.3. The number of hydrogen-bond acceptors (Lipinski definition) is 2. The van der Waals surface area contributed by atoms with E-state index in [4.69, 9.17) is 0 Å². The van der Waals surface area contributed by atoms with Crippen LogP contribution in [0.15, 0.2) is 24.3 Å². The van der Waals surface area contributed by atoms with Crippen molar-refractivity contribution >= 4 is 5.69 Å². The Morgan fingerprint density at radius 3 is 2.53 bits per heavy atom. The maximum atomic E-state index is 12.3. The Labute approximate surface area is 109 Å². The molecule has 2 aliphatic carbocycles. The summed E-state index contributed by atoms with van der Waals surface area (Å²) < 4.78 is 41.1. The molecule has 0 saturated heterocycles. The summed E-state index contributed by atoms with van der Waals surface area (Å²) in [6, 6.07) is 6.55. The van der Waals surface area contributed by atoms with Gasteiger partial charge in [0.2, 0.25) is 0 Å². The molecular formula is C14H16F3NO. The molecule has 0 heterocycles. The van der Waals surface area contributed by atoms with Gasteiger partial charge in [-0.15, -0.1) is 13.2 Å². The SMILES string of the molecule is FC(F)(F)Oc1ccccc1NC1CC2CCC1C2. The highest BCUT2D eigenvalue weighted by atomic mass is 19.4. The van der Waals surface area contributed by atoms with Crippen molar-refractivity contribution in [2.75, 3.05) is 5.32 Å². The zero-order valence-corrected chi connectivity index (χ0v) is 10.4. The number of hydrogen-bond donors (Lipinski definition) is 1. The van der Waals surface area contributed by atoms with Gasteiger partial charge in [0.1, 0.15) is 0 Å². The van der Waals surface area contributed by atoms with Crippen LogP contribution in [0.1, 0.15) is 25.7 Å². The van der Waals surface area contributed by atoms with Crippen LogP contribution in [0.2, 0.25) is 0 Å². The van der Waals surface area contributed by atoms with Crippen LogP contribution in [-0.4, -0.2) is 12.4 Å². The van der Waals surface area contributed by atoms with E-state index < -0.39 is 6.36 Å². The third-order valence-electron chi connectivity index (χ3n) is 4.19. The fourth-order valence-electron chi connectivity index (χ4n) is 3.42. The van der Waals surface area contributed by atoms with E-state index in [1.54, 1.807) is 18.2 Å². The number of benzene rings is 1. The average molecular weight is 271 g/mol. The first-order valence-electron chi connectivity index (χ1n) is 6.62. The van der Waals surface area contributed by atoms with Crippen molar-refractivity contribution in [2.24, 2.45) is 11.8 Å². The molecule has 5 heteroatoms. The lowest BCUT2D eigenvalue weighted by molar-refractivity contribution is -0.274. The predicted octanol–water partition coefficient (Wildman–Crippen LogP) is 4.19. The smallest absolute Gasteiger partial charge is 0.404 e. The molecule has 2 bridgehead atoms. The number of rotatable bonds is 3. The molecule has 0 aromatic heterocycles. The third kappa shape index (κ3) is 2.80. The van der Waals surface area contributed by atoms with Gasteiger partial charge < -0.3 is 10.1 Å². The molecule has 0 spiro atoms. The standard InChI is InChI=1S/C14H16F3NO/c15-14(16,17)19-13-4-2-1-3-11(13)18-12-8-9-5-6-10(12)7-9/h1-4,9-10,12,18H,5-8H2. The first-order chi connectivity index (χ1) is 9.01. The summed E-state index contributed by atoms with van der Waals surface area (Å²) in [6.45, 7) is 0. The molecule has 3 atom stereocenters. The summed E-state index contributed by atoms with van der Waals surface area (Å²) >= 11 is 0. The molecule has 1 aromatic rings. The second-order valence-electron chi connectivity index (χ2n) is 5.47. The Kier molecular flexibility index (Phi) is 3.07. The van der Waals surface area contributed by atoms with Gasteiger partial charge in [0.05, 0.1) is 5.69 Å². The summed E-state index contributed by atoms with van der Waals surface area (Å²) in [5.74, 6) is 1.21. The van der Waals surface area contributed by atoms with E-state index in [2.05, 4.69) is 10.1 Å². The fourth-order valence-corrected chi connectivity index (χ4v) is 3.42. The summed E-state index contributed by atoms with van der Waals surface area (Å²) in [5.41, 5.74) is 0.442. The first kappa shape index (κ1) is 12.6. The molecular weight excluding hydrogens is 255 g/mol. The zero-order chi connectivity index (χ0) is 13.5. The molecule has 3 unspecified atom stereocenters. The number of ether oxygens (including phenoxy) is 1. The minimum atomic E-state index is -4.65. The molecule has 2 aliphatic rings. The third-order valence-corrected chi connectivity index (χ3v) is 4.19. The van der Waals surface area contributed by atoms with E-state index in [0.29, 0.717) is 11.6 Å². The quantitative estimate of drug-likeness (QED) is 0.890. The summed E-state index contributed by atoms with van der Waals surface area (Å²) in [7, 11) is 0. The topological polar surface area (TPSA) is 21.3 Å². The van der Waals surface area contributed by atoms with Gasteiger partial charge in [-0.3, -0.25) is 0 Å². The second kappa shape index (κ2) is 4.62. The lowest BCUT2D eigenvalue weighted by Gasteiger charge is -2.25. The molecule has 2 nitrogen and oxygen atoms in total. The minimum Gasteiger partial charge on any atom is -0.404 e. The average Bonchev–Trinajstić information content (AvgIpc) is 2.92. The van der Waals surface area contributed by atoms with Crippen LogP contribution in [-0.2, 0) is 0 Å². The van der Waals surface area contributed by atoms with Crippen molar-refractivity contribution in [3.63, 3.8) is 0 Å². The van der Waals surface area contributed by atoms with E-state index in [9.17, 15) is 13.2 Å². The van der Waals surface area contributed by atoms with Crippen LogP contribution < -0.4 is 10.1 Å². The van der Waals surface area contributed by atoms with Gasteiger partial charge in [0.25, 0.3) is 0 Å². The molecule has 2 fully saturated rings. The van der Waals surface area contributed by atoms with Gasteiger partial charge in [-0.05, 0) is 43.2 Å². The van der Waals surface area contributed by atoms with Crippen molar-refractivity contribution in [3.8, 4) is 5.75 Å². The number of nitrogens with one attached hydrogen (secondary N) is 1. The molecule has 0 aliphatic heterocycles. The van der Waals surface area contributed by atoms with Crippen LogP contribution in [0, 0.1) is 11.8 Å². The molecule has 104 valence electrons. The fraction of sp³-hybridized carbons (Fsp3) is 0.571. The van der Waals surface area contributed by atoms with Crippen LogP contribution >= 0.6 is 0 Å². The van der Waals surface area contributed by atoms with E-state index in [1.165, 1.54) is 25.3 Å². The Balaban J connectivity index is 1.74. The summed E-state index contributed by atoms with van der Waals surface area (Å²) in [5, 5.41) is 3.24. The Hall–Kier alpha value is -1.39. The van der Waals surface area contributed by atoms with Gasteiger partial charge in [0.15, 0.2) is 5.75 Å². The van der Waals surface area contributed by atoms with Gasteiger partial charge in [-0.25, -0.2) is 0 Å². The van der Waals surface area contributed by atoms with Crippen molar-refractivity contribution in [1.29, 1.82) is 0 Å². The normalized spacial score (nSPS) is 29.5. The van der Waals surface area contributed by atoms with Crippen molar-refractivity contribution in [2.45, 2.75) is 38.1 Å². The first-order valence-corrected chi connectivity index (χ1v) is 6.62. The molecule has 0 amide bonds. The van der Waals surface area contributed by atoms with Crippen molar-refractivity contribution in [3.05, 3.63) is 24.3 Å². The molecule has 2 saturated carbocycles. The number of para-hydroxylation sites is 2. The highest BCUT2D eigenvalue weighted by Gasteiger charge is 2.40. The predicted molar refractivity (Wildman–Crippen MR) is 66.0 cm³/mol. The Morgan fingerprint density at radius 1 is 1.11 bits per heavy atom. The maximum Gasteiger partial charge on any atom is 0.573 e. The van der Waals surface area contributed by atoms with Gasteiger partial charge >= 0.3 is 6.36 Å². The molecule has 3 rings (SSSR count). The van der Waals surface area contributed by atoms with Crippen molar-refractivity contribution in [1.82, 2.24) is 0 Å². The summed E-state index contributed by atoms with van der Waals surface area (Å²) in [4.78, 5) is 0. The van der Waals surface area contributed by atoms with Crippen molar-refractivity contribution < 1.29 is 17.9 Å². The van der Waals surface area contributed by atoms with Crippen LogP contribution in [0.5, 0.6) is 5.75 Å². The van der Waals surface area contributed by atoms with Crippen LogP contribution in [0.4, 0.5) is 18.9 Å². The van der Waals surface area contributed by atoms with E-state index >= 15 is 0 Å². The van der Waals surface area contributed by atoms with Crippen LogP contribution in [0.25, 0.3) is 0 Å². The Morgan fingerprint density at radius 2 is 1.89 bits per heavy atom. The highest BCUT2D eigenvalue weighted by Crippen LogP contribution is 2.46. The number of alkyl halides is 3. The summed E-state index contributed by atoms with van der Waals surface area (Å²) in [6.07, 6.45) is 0.0750. The molecule has 1 N–H and O–H groups in total. The number of fused-ring (bicyclic) bond motifs is 2. The van der Waals surface area contributed by atoms with Gasteiger partial charge in [-0.2, -0.15) is 0 Å². The van der Waals surface area contributed by atoms with E-state index in [0.717, 1.165) is 12.3 Å². The number of halogens is 3. The lowest BCUT2D eigenvalue weighted by Crippen LogP contribution is -2.26. The second-order valence-corrected chi connectivity index (χ2v) is 5.47. The highest BCUT2D eigenvalue weighted by molar-refractivity contribution is 5.57. The molecule has 19 heavy (non-hydrogen) atoms. The van der Waals surface area contributed by atoms with E-state index in [-0.39, 0.29) is 11.8 Å². The molecule has 0 radical (unpaired) electrons. The lowest BCUT2D eigenvalue weighted by atomic mass is 9.95. The largest absolute Gasteiger partial charge is 0.573 e. The van der Waals surface area contributed by atoms with Gasteiger partial charge in [0, 0.05) is 6.04 Å². The monoisotopic (exact) mass is 271 g/mol. The van der Waals surface area contributed by atoms with Crippen LogP contribution in [0.3, 0.4) is 0 Å². The van der Waals surface area contributed by atoms with E-state index in [1.807, 2.05) is 0 Å². The Bertz CT molecular complexity index is 460. The minimum absolute atomic E-state index is 0.141. The number of anilines is 1. The molecule has 1 aromatic carbocycles.